The molecule has 19 heavy (non-hydrogen) atoms. The van der Waals surface area contributed by atoms with E-state index in [-0.39, 0.29) is 5.75 Å². The Kier molecular flexibility index (Phi) is 3.93. The van der Waals surface area contributed by atoms with Gasteiger partial charge in [-0.05, 0) is 12.1 Å². The van der Waals surface area contributed by atoms with Crippen LogP contribution < -0.4 is 4.74 Å². The van der Waals surface area contributed by atoms with Crippen molar-refractivity contribution in [2.24, 2.45) is 0 Å². The van der Waals surface area contributed by atoms with Gasteiger partial charge in [0.1, 0.15) is 5.75 Å². The Balaban J connectivity index is 2.32. The molecule has 0 aliphatic heterocycles. The zero-order chi connectivity index (χ0) is 13.7. The summed E-state index contributed by atoms with van der Waals surface area (Å²) < 4.78 is 5.45. The van der Waals surface area contributed by atoms with Crippen LogP contribution >= 0.6 is 0 Å². The molecular formula is C15H12O4. The molecule has 2 rings (SSSR count). The number of para-hydroxylation sites is 1. The van der Waals surface area contributed by atoms with Crippen LogP contribution in [0, 0.1) is 0 Å². The van der Waals surface area contributed by atoms with E-state index in [0.717, 1.165) is 0 Å². The maximum atomic E-state index is 11.3. The van der Waals surface area contributed by atoms with E-state index in [2.05, 4.69) is 0 Å². The van der Waals surface area contributed by atoms with Crippen LogP contribution in [0.2, 0.25) is 0 Å². The lowest BCUT2D eigenvalue weighted by atomic mass is 10.1. The summed E-state index contributed by atoms with van der Waals surface area (Å²) in [7, 11) is 0. The van der Waals surface area contributed by atoms with E-state index < -0.39 is 12.1 Å². The van der Waals surface area contributed by atoms with E-state index in [1.807, 2.05) is 0 Å². The van der Waals surface area contributed by atoms with E-state index in [1.54, 1.807) is 54.6 Å². The van der Waals surface area contributed by atoms with Crippen molar-refractivity contribution in [3.8, 4) is 5.75 Å². The van der Waals surface area contributed by atoms with Crippen LogP contribution in [-0.4, -0.2) is 17.4 Å². The van der Waals surface area contributed by atoms with Crippen molar-refractivity contribution in [2.75, 3.05) is 0 Å². The van der Waals surface area contributed by atoms with Crippen LogP contribution in [0.3, 0.4) is 0 Å². The molecule has 2 aromatic rings. The first-order valence-electron chi connectivity index (χ1n) is 5.71. The average molecular weight is 256 g/mol. The maximum absolute atomic E-state index is 11.3. The monoisotopic (exact) mass is 256 g/mol. The largest absolute Gasteiger partial charge is 0.478 e. The Morgan fingerprint density at radius 2 is 1.68 bits per heavy atom. The van der Waals surface area contributed by atoms with Crippen molar-refractivity contribution in [2.45, 2.75) is 6.10 Å². The molecule has 0 aromatic heterocycles. The third-order valence-corrected chi connectivity index (χ3v) is 2.62. The highest BCUT2D eigenvalue weighted by Gasteiger charge is 2.22. The highest BCUT2D eigenvalue weighted by atomic mass is 16.5. The number of hydrogen-bond donors (Lipinski definition) is 1. The van der Waals surface area contributed by atoms with E-state index in [1.165, 1.54) is 0 Å². The van der Waals surface area contributed by atoms with Gasteiger partial charge in [0, 0.05) is 5.56 Å². The summed E-state index contributed by atoms with van der Waals surface area (Å²) in [6, 6.07) is 15.1. The molecule has 0 heterocycles. The third-order valence-electron chi connectivity index (χ3n) is 2.62. The molecule has 0 radical (unpaired) electrons. The highest BCUT2D eigenvalue weighted by Crippen LogP contribution is 2.24. The molecule has 0 aliphatic carbocycles. The minimum Gasteiger partial charge on any atom is -0.478 e. The lowest BCUT2D eigenvalue weighted by Gasteiger charge is -2.16. The van der Waals surface area contributed by atoms with Crippen molar-refractivity contribution in [1.29, 1.82) is 0 Å². The van der Waals surface area contributed by atoms with Crippen LogP contribution in [0.4, 0.5) is 0 Å². The average Bonchev–Trinajstić information content (AvgIpc) is 2.45. The highest BCUT2D eigenvalue weighted by molar-refractivity contribution is 5.80. The number of carbonyl (C=O) groups excluding carboxylic acids is 1. The van der Waals surface area contributed by atoms with Gasteiger partial charge in [-0.1, -0.05) is 42.5 Å². The van der Waals surface area contributed by atoms with Gasteiger partial charge in [0.15, 0.2) is 6.29 Å². The number of benzene rings is 2. The Bertz CT molecular complexity index is 578. The van der Waals surface area contributed by atoms with Gasteiger partial charge in [0.05, 0.1) is 5.56 Å². The molecule has 1 N–H and O–H groups in total. The molecule has 0 fully saturated rings. The summed E-state index contributed by atoms with van der Waals surface area (Å²) in [4.78, 5) is 22.2. The van der Waals surface area contributed by atoms with Gasteiger partial charge >= 0.3 is 5.97 Å². The fourth-order valence-electron chi connectivity index (χ4n) is 1.70. The predicted molar refractivity (Wildman–Crippen MR) is 69.3 cm³/mol. The molecule has 4 heteroatoms. The molecule has 96 valence electrons. The second-order valence-corrected chi connectivity index (χ2v) is 3.90. The lowest BCUT2D eigenvalue weighted by Crippen LogP contribution is -2.18. The number of carboxylic acids is 1. The first-order chi connectivity index (χ1) is 9.22. The third kappa shape index (κ3) is 2.98. The molecule has 0 aliphatic rings. The molecule has 0 bridgehead atoms. The second-order valence-electron chi connectivity index (χ2n) is 3.90. The molecule has 0 saturated heterocycles. The molecule has 2 aromatic carbocycles. The Morgan fingerprint density at radius 1 is 1.05 bits per heavy atom. The standard InChI is InChI=1S/C15H12O4/c16-10-12-8-4-5-9-13(12)19-14(15(17)18)11-6-2-1-3-7-11/h1-10,14H,(H,17,18). The first kappa shape index (κ1) is 12.8. The quantitative estimate of drug-likeness (QED) is 0.835. The summed E-state index contributed by atoms with van der Waals surface area (Å²) in [6.07, 6.45) is -0.499. The first-order valence-corrected chi connectivity index (χ1v) is 5.71. The molecule has 1 atom stereocenters. The summed E-state index contributed by atoms with van der Waals surface area (Å²) >= 11 is 0. The van der Waals surface area contributed by atoms with Crippen LogP contribution in [0.25, 0.3) is 0 Å². The van der Waals surface area contributed by atoms with Crippen LogP contribution in [0.1, 0.15) is 22.0 Å². The smallest absolute Gasteiger partial charge is 0.349 e. The van der Waals surface area contributed by atoms with Gasteiger partial charge in [0.25, 0.3) is 0 Å². The van der Waals surface area contributed by atoms with Crippen molar-refractivity contribution in [3.05, 3.63) is 65.7 Å². The van der Waals surface area contributed by atoms with Crippen LogP contribution in [-0.2, 0) is 4.79 Å². The number of aliphatic carboxylic acids is 1. The van der Waals surface area contributed by atoms with E-state index >= 15 is 0 Å². The number of aldehydes is 1. The molecule has 4 nitrogen and oxygen atoms in total. The summed E-state index contributed by atoms with van der Waals surface area (Å²) in [6.45, 7) is 0. The fraction of sp³-hybridized carbons (Fsp3) is 0.0667. The topological polar surface area (TPSA) is 63.6 Å². The number of hydrogen-bond acceptors (Lipinski definition) is 3. The minimum atomic E-state index is -1.14. The Labute approximate surface area is 110 Å². The normalized spacial score (nSPS) is 11.6. The van der Waals surface area contributed by atoms with Gasteiger partial charge in [-0.25, -0.2) is 4.79 Å². The predicted octanol–water partition coefficient (Wildman–Crippen LogP) is 2.70. The van der Waals surface area contributed by atoms with Crippen LogP contribution in [0.5, 0.6) is 5.75 Å². The van der Waals surface area contributed by atoms with Gasteiger partial charge in [-0.2, -0.15) is 0 Å². The van der Waals surface area contributed by atoms with Crippen molar-refractivity contribution >= 4 is 12.3 Å². The second kappa shape index (κ2) is 5.82. The van der Waals surface area contributed by atoms with Gasteiger partial charge in [0.2, 0.25) is 6.10 Å². The van der Waals surface area contributed by atoms with E-state index in [0.29, 0.717) is 17.4 Å². The van der Waals surface area contributed by atoms with Crippen molar-refractivity contribution in [1.82, 2.24) is 0 Å². The molecule has 0 amide bonds. The van der Waals surface area contributed by atoms with Crippen molar-refractivity contribution < 1.29 is 19.4 Å². The zero-order valence-electron chi connectivity index (χ0n) is 10.0. The number of ether oxygens (including phenoxy) is 1. The summed E-state index contributed by atoms with van der Waals surface area (Å²) in [5, 5.41) is 9.24. The van der Waals surface area contributed by atoms with Gasteiger partial charge < -0.3 is 9.84 Å². The molecule has 0 spiro atoms. The van der Waals surface area contributed by atoms with E-state index in [9.17, 15) is 14.7 Å². The number of carbonyl (C=O) groups is 2. The Morgan fingerprint density at radius 3 is 2.32 bits per heavy atom. The molecule has 1 unspecified atom stereocenters. The number of rotatable bonds is 5. The molecular weight excluding hydrogens is 244 g/mol. The number of carboxylic acid groups (broad SMARTS) is 1. The minimum absolute atomic E-state index is 0.258. The summed E-state index contributed by atoms with van der Waals surface area (Å²) in [5.41, 5.74) is 0.848. The zero-order valence-corrected chi connectivity index (χ0v) is 10.0. The Hall–Kier alpha value is -2.62. The van der Waals surface area contributed by atoms with Gasteiger partial charge in [-0.3, -0.25) is 4.79 Å². The fourth-order valence-corrected chi connectivity index (χ4v) is 1.70. The van der Waals surface area contributed by atoms with Gasteiger partial charge in [-0.15, -0.1) is 0 Å². The van der Waals surface area contributed by atoms with Crippen LogP contribution in [0.15, 0.2) is 54.6 Å². The van der Waals surface area contributed by atoms with Crippen molar-refractivity contribution in [3.63, 3.8) is 0 Å². The van der Waals surface area contributed by atoms with E-state index in [4.69, 9.17) is 4.74 Å². The molecule has 0 saturated carbocycles. The maximum Gasteiger partial charge on any atom is 0.349 e. The SMILES string of the molecule is O=Cc1ccccc1OC(C(=O)O)c1ccccc1. The lowest BCUT2D eigenvalue weighted by molar-refractivity contribution is -0.145. The summed E-state index contributed by atoms with van der Waals surface area (Å²) in [5.74, 6) is -0.847.